The summed E-state index contributed by atoms with van der Waals surface area (Å²) in [6, 6.07) is 14.4. The lowest BCUT2D eigenvalue weighted by Gasteiger charge is -2.33. The van der Waals surface area contributed by atoms with Crippen molar-refractivity contribution in [1.82, 2.24) is 14.5 Å². The maximum atomic E-state index is 13.5. The SMILES string of the molecule is Cc1cc(N)cc(NC(=O)N(CCN2CCC(NS(C)(=O)=O)CC2)C2=C=C=C(c3cccc(C#N)c3)C=C2)c1. The number of nitrogens with zero attached hydrogens (tertiary/aromatic N) is 3. The van der Waals surface area contributed by atoms with E-state index in [1.165, 1.54) is 6.26 Å². The second-order valence-electron chi connectivity index (χ2n) is 9.79. The maximum absolute atomic E-state index is 13.5. The Morgan fingerprint density at radius 3 is 2.59 bits per heavy atom. The molecule has 2 aromatic rings. The molecule has 39 heavy (non-hydrogen) atoms. The fraction of sp³-hybridized carbons (Fsp3) is 0.310. The van der Waals surface area contributed by atoms with Gasteiger partial charge in [-0.1, -0.05) is 17.9 Å². The maximum Gasteiger partial charge on any atom is 0.326 e. The number of carbonyl (C=O) groups is 1. The van der Waals surface area contributed by atoms with Crippen molar-refractivity contribution in [2.45, 2.75) is 25.8 Å². The molecule has 9 nitrogen and oxygen atoms in total. The van der Waals surface area contributed by atoms with Gasteiger partial charge in [-0.3, -0.25) is 4.90 Å². The average Bonchev–Trinajstić information content (AvgIpc) is 2.88. The zero-order valence-electron chi connectivity index (χ0n) is 22.1. The molecule has 10 heteroatoms. The molecule has 1 saturated heterocycles. The van der Waals surface area contributed by atoms with Gasteiger partial charge in [0.05, 0.1) is 23.6 Å². The zero-order valence-corrected chi connectivity index (χ0v) is 22.9. The van der Waals surface area contributed by atoms with Crippen LogP contribution < -0.4 is 15.8 Å². The van der Waals surface area contributed by atoms with Crippen LogP contribution in [0.2, 0.25) is 0 Å². The van der Waals surface area contributed by atoms with Crippen molar-refractivity contribution in [3.05, 3.63) is 88.5 Å². The van der Waals surface area contributed by atoms with E-state index in [0.29, 0.717) is 48.6 Å². The first kappa shape index (κ1) is 27.9. The molecule has 2 aliphatic rings. The van der Waals surface area contributed by atoms with E-state index in [4.69, 9.17) is 5.73 Å². The summed E-state index contributed by atoms with van der Waals surface area (Å²) in [6.07, 6.45) is 6.26. The van der Waals surface area contributed by atoms with Gasteiger partial charge in [-0.2, -0.15) is 5.26 Å². The van der Waals surface area contributed by atoms with Crippen molar-refractivity contribution in [1.29, 1.82) is 5.26 Å². The number of carbonyl (C=O) groups excluding carboxylic acids is 1. The normalized spacial score (nSPS) is 15.8. The molecule has 0 radical (unpaired) electrons. The number of piperidine rings is 1. The third-order valence-corrected chi connectivity index (χ3v) is 7.29. The Labute approximate surface area is 229 Å². The van der Waals surface area contributed by atoms with Crippen LogP contribution in [0.3, 0.4) is 0 Å². The number of nitriles is 1. The van der Waals surface area contributed by atoms with E-state index < -0.39 is 10.0 Å². The quantitative estimate of drug-likeness (QED) is 0.344. The lowest BCUT2D eigenvalue weighted by atomic mass is 10.0. The minimum Gasteiger partial charge on any atom is -0.399 e. The number of urea groups is 1. The van der Waals surface area contributed by atoms with Crippen molar-refractivity contribution in [2.75, 3.05) is 43.5 Å². The van der Waals surface area contributed by atoms with Gasteiger partial charge in [0.2, 0.25) is 10.0 Å². The van der Waals surface area contributed by atoms with Crippen LogP contribution in [0.25, 0.3) is 5.57 Å². The fourth-order valence-electron chi connectivity index (χ4n) is 4.68. The predicted octanol–water partition coefficient (Wildman–Crippen LogP) is 3.59. The van der Waals surface area contributed by atoms with Gasteiger partial charge in [0.15, 0.2) is 0 Å². The molecule has 0 bridgehead atoms. The van der Waals surface area contributed by atoms with E-state index in [9.17, 15) is 18.5 Å². The molecular formula is C29H32N6O3S. The number of likely N-dealkylation sites (tertiary alicyclic amines) is 1. The highest BCUT2D eigenvalue weighted by molar-refractivity contribution is 7.88. The van der Waals surface area contributed by atoms with Crippen LogP contribution in [0.4, 0.5) is 16.2 Å². The molecule has 0 aromatic heterocycles. The lowest BCUT2D eigenvalue weighted by Crippen LogP contribution is -2.47. The zero-order chi connectivity index (χ0) is 28.0. The van der Waals surface area contributed by atoms with Gasteiger partial charge in [-0.05, 0) is 92.2 Å². The van der Waals surface area contributed by atoms with Crippen molar-refractivity contribution in [2.24, 2.45) is 0 Å². The molecule has 202 valence electrons. The van der Waals surface area contributed by atoms with E-state index in [2.05, 4.69) is 32.5 Å². The number of rotatable bonds is 8. The first-order valence-electron chi connectivity index (χ1n) is 12.7. The number of allylic oxidation sites excluding steroid dienone is 3. The Morgan fingerprint density at radius 2 is 1.95 bits per heavy atom. The second-order valence-corrected chi connectivity index (χ2v) is 11.6. The number of amides is 2. The summed E-state index contributed by atoms with van der Waals surface area (Å²) in [5.41, 5.74) is 17.0. The van der Waals surface area contributed by atoms with Gasteiger partial charge in [0, 0.05) is 36.1 Å². The Morgan fingerprint density at radius 1 is 1.18 bits per heavy atom. The molecule has 1 aliphatic heterocycles. The molecule has 4 N–H and O–H groups in total. The molecule has 0 unspecified atom stereocenters. The lowest BCUT2D eigenvalue weighted by molar-refractivity contribution is 0.184. The number of aryl methyl sites for hydroxylation is 1. The van der Waals surface area contributed by atoms with E-state index in [1.54, 1.807) is 23.1 Å². The molecule has 4 rings (SSSR count). The number of nitrogen functional groups attached to an aromatic ring is 1. The first-order chi connectivity index (χ1) is 18.6. The molecule has 0 atom stereocenters. The standard InChI is InChI=1S/C29H32N6O3S/c1-21-16-25(31)19-27(17-21)32-29(36)35(15-14-34-12-10-26(11-13-34)33-39(2,37)38)28-8-6-23(7-9-28)24-5-3-4-22(18-24)20-30/h3-6,8,16-19,26,33H,10-15,31H2,1-2H3,(H,32,36). The predicted molar refractivity (Wildman–Crippen MR) is 153 cm³/mol. The second kappa shape index (κ2) is 12.2. The van der Waals surface area contributed by atoms with Crippen LogP contribution in [0.5, 0.6) is 0 Å². The monoisotopic (exact) mass is 544 g/mol. The van der Waals surface area contributed by atoms with Gasteiger partial charge in [-0.25, -0.2) is 17.9 Å². The van der Waals surface area contributed by atoms with Crippen molar-refractivity contribution in [3.8, 4) is 6.07 Å². The molecule has 2 amide bonds. The first-order valence-corrected chi connectivity index (χ1v) is 14.6. The van der Waals surface area contributed by atoms with Crippen molar-refractivity contribution < 1.29 is 13.2 Å². The molecule has 1 heterocycles. The van der Waals surface area contributed by atoms with Gasteiger partial charge >= 0.3 is 6.03 Å². The minimum absolute atomic E-state index is 0.0718. The molecule has 0 saturated carbocycles. The molecule has 1 aliphatic carbocycles. The number of nitrogens with two attached hydrogens (primary N) is 1. The number of anilines is 2. The van der Waals surface area contributed by atoms with Crippen LogP contribution in [-0.4, -0.2) is 62.7 Å². The summed E-state index contributed by atoms with van der Waals surface area (Å²) in [7, 11) is -3.24. The largest absolute Gasteiger partial charge is 0.399 e. The highest BCUT2D eigenvalue weighted by Crippen LogP contribution is 2.22. The summed E-state index contributed by atoms with van der Waals surface area (Å²) in [5, 5.41) is 12.2. The Balaban J connectivity index is 1.54. The Bertz CT molecular complexity index is 1510. The molecular weight excluding hydrogens is 512 g/mol. The number of hydrogen-bond acceptors (Lipinski definition) is 6. The minimum atomic E-state index is -3.24. The summed E-state index contributed by atoms with van der Waals surface area (Å²) in [6.45, 7) is 4.36. The van der Waals surface area contributed by atoms with Crippen LogP contribution in [0, 0.1) is 18.3 Å². The van der Waals surface area contributed by atoms with Crippen LogP contribution >= 0.6 is 0 Å². The van der Waals surface area contributed by atoms with Crippen LogP contribution in [-0.2, 0) is 10.0 Å². The number of benzene rings is 2. The molecule has 1 fully saturated rings. The number of nitrogens with one attached hydrogen (secondary N) is 2. The number of hydrogen-bond donors (Lipinski definition) is 3. The van der Waals surface area contributed by atoms with E-state index >= 15 is 0 Å². The summed E-state index contributed by atoms with van der Waals surface area (Å²) >= 11 is 0. The highest BCUT2D eigenvalue weighted by atomic mass is 32.2. The van der Waals surface area contributed by atoms with Crippen LogP contribution in [0.15, 0.2) is 71.8 Å². The third-order valence-electron chi connectivity index (χ3n) is 6.53. The summed E-state index contributed by atoms with van der Waals surface area (Å²) in [4.78, 5) is 17.3. The summed E-state index contributed by atoms with van der Waals surface area (Å²) in [5.74, 6) is 0. The van der Waals surface area contributed by atoms with Gasteiger partial charge in [0.25, 0.3) is 0 Å². The Kier molecular flexibility index (Phi) is 8.72. The van der Waals surface area contributed by atoms with Crippen LogP contribution in [0.1, 0.15) is 29.5 Å². The molecule has 2 aromatic carbocycles. The highest BCUT2D eigenvalue weighted by Gasteiger charge is 2.24. The Hall–Kier alpha value is -4.09. The topological polar surface area (TPSA) is 132 Å². The average molecular weight is 545 g/mol. The number of sulfonamides is 1. The van der Waals surface area contributed by atoms with Gasteiger partial charge < -0.3 is 16.0 Å². The smallest absolute Gasteiger partial charge is 0.326 e. The summed E-state index contributed by atoms with van der Waals surface area (Å²) < 4.78 is 25.8. The van der Waals surface area contributed by atoms with Crippen molar-refractivity contribution >= 4 is 33.0 Å². The molecule has 0 spiro atoms. The van der Waals surface area contributed by atoms with E-state index in [0.717, 1.165) is 29.8 Å². The van der Waals surface area contributed by atoms with E-state index in [1.807, 2.05) is 43.3 Å². The van der Waals surface area contributed by atoms with E-state index in [-0.39, 0.29) is 12.1 Å². The van der Waals surface area contributed by atoms with Crippen molar-refractivity contribution in [3.63, 3.8) is 0 Å². The fourth-order valence-corrected chi connectivity index (χ4v) is 5.53. The van der Waals surface area contributed by atoms with Gasteiger partial charge in [0.1, 0.15) is 0 Å². The third kappa shape index (κ3) is 7.95. The van der Waals surface area contributed by atoms with Gasteiger partial charge in [-0.15, -0.1) is 0 Å².